The van der Waals surface area contributed by atoms with E-state index in [1.165, 1.54) is 18.6 Å². The van der Waals surface area contributed by atoms with Gasteiger partial charge in [-0.05, 0) is 81.2 Å². The number of nitrogens with one attached hydrogen (secondary N) is 1. The lowest BCUT2D eigenvalue weighted by molar-refractivity contribution is 0.0509. The van der Waals surface area contributed by atoms with E-state index in [9.17, 15) is 13.2 Å². The molecule has 0 spiro atoms. The zero-order valence-electron chi connectivity index (χ0n) is 29.1. The van der Waals surface area contributed by atoms with Gasteiger partial charge in [0.15, 0.2) is 0 Å². The summed E-state index contributed by atoms with van der Waals surface area (Å²) in [5.41, 5.74) is 4.04. The average molecular weight is 684 g/mol. The van der Waals surface area contributed by atoms with Crippen LogP contribution in [0, 0.1) is 19.3 Å². The van der Waals surface area contributed by atoms with E-state index in [0.29, 0.717) is 23.9 Å². The molecular formula is C37H45N7O4S. The van der Waals surface area contributed by atoms with Gasteiger partial charge in [-0.2, -0.15) is 4.98 Å². The number of ether oxygens (including phenoxy) is 1. The van der Waals surface area contributed by atoms with Crippen LogP contribution in [0.5, 0.6) is 5.88 Å². The molecule has 6 rings (SSSR count). The van der Waals surface area contributed by atoms with Gasteiger partial charge in [0.25, 0.3) is 15.9 Å². The molecule has 49 heavy (non-hydrogen) atoms. The Morgan fingerprint density at radius 1 is 1.00 bits per heavy atom. The minimum absolute atomic E-state index is 0.0747. The Morgan fingerprint density at radius 3 is 2.41 bits per heavy atom. The van der Waals surface area contributed by atoms with Gasteiger partial charge in [0.2, 0.25) is 11.8 Å². The summed E-state index contributed by atoms with van der Waals surface area (Å²) < 4.78 is 36.4. The Labute approximate surface area is 289 Å². The van der Waals surface area contributed by atoms with E-state index in [1.807, 2.05) is 32.0 Å². The number of anilines is 2. The number of fused-ring (bicyclic) bond motifs is 4. The lowest BCUT2D eigenvalue weighted by Crippen LogP contribution is -2.45. The molecule has 12 heteroatoms. The van der Waals surface area contributed by atoms with Gasteiger partial charge in [0, 0.05) is 29.8 Å². The zero-order chi connectivity index (χ0) is 34.9. The predicted octanol–water partition coefficient (Wildman–Crippen LogP) is 6.57. The number of carbonyl (C=O) groups excluding carboxylic acids is 1. The first-order valence-corrected chi connectivity index (χ1v) is 18.4. The molecule has 4 bridgehead atoms. The van der Waals surface area contributed by atoms with Gasteiger partial charge < -0.3 is 14.5 Å². The van der Waals surface area contributed by atoms with Crippen molar-refractivity contribution in [3.05, 3.63) is 83.3 Å². The summed E-state index contributed by atoms with van der Waals surface area (Å²) in [6.07, 6.45) is 7.52. The summed E-state index contributed by atoms with van der Waals surface area (Å²) in [6, 6.07) is 13.7. The van der Waals surface area contributed by atoms with E-state index in [4.69, 9.17) is 9.72 Å². The molecule has 258 valence electrons. The van der Waals surface area contributed by atoms with Gasteiger partial charge >= 0.3 is 0 Å². The number of hydrogen-bond donors (Lipinski definition) is 1. The van der Waals surface area contributed by atoms with Crippen molar-refractivity contribution >= 4 is 27.7 Å². The van der Waals surface area contributed by atoms with E-state index < -0.39 is 16.1 Å². The van der Waals surface area contributed by atoms with Crippen molar-refractivity contribution in [3.63, 3.8) is 0 Å². The fourth-order valence-corrected chi connectivity index (χ4v) is 7.63. The minimum Gasteiger partial charge on any atom is -0.475 e. The Bertz CT molecular complexity index is 1940. The van der Waals surface area contributed by atoms with Crippen molar-refractivity contribution in [1.82, 2.24) is 24.8 Å². The Morgan fingerprint density at radius 2 is 1.73 bits per heavy atom. The highest BCUT2D eigenvalue weighted by Crippen LogP contribution is 2.32. The fraction of sp³-hybridized carbons (Fsp3) is 0.432. The minimum atomic E-state index is -4.17. The average Bonchev–Trinajstić information content (AvgIpc) is 3.02. The topological polar surface area (TPSA) is 131 Å². The molecule has 1 amide bonds. The molecule has 11 nitrogen and oxygen atoms in total. The summed E-state index contributed by atoms with van der Waals surface area (Å²) in [4.78, 5) is 37.1. The number of carbonyl (C=O) groups is 1. The molecule has 1 atom stereocenters. The molecule has 2 aromatic heterocycles. The van der Waals surface area contributed by atoms with Gasteiger partial charge in [-0.1, -0.05) is 45.0 Å². The Hall–Kier alpha value is -4.58. The summed E-state index contributed by atoms with van der Waals surface area (Å²) in [7, 11) is -4.17. The maximum absolute atomic E-state index is 14.5. The number of hydrogen-bond acceptors (Lipinski definition) is 9. The summed E-state index contributed by atoms with van der Waals surface area (Å²) in [5, 5.41) is 0. The van der Waals surface area contributed by atoms with Crippen LogP contribution < -0.4 is 14.4 Å². The number of amides is 1. The first kappa shape index (κ1) is 34.3. The highest BCUT2D eigenvalue weighted by atomic mass is 32.2. The van der Waals surface area contributed by atoms with Crippen LogP contribution in [-0.4, -0.2) is 64.4 Å². The van der Waals surface area contributed by atoms with Crippen molar-refractivity contribution in [2.24, 2.45) is 5.41 Å². The van der Waals surface area contributed by atoms with Gasteiger partial charge in [0.05, 0.1) is 41.3 Å². The number of aromatic nitrogens is 4. The first-order valence-electron chi connectivity index (χ1n) is 16.9. The van der Waals surface area contributed by atoms with Crippen LogP contribution in [-0.2, 0) is 16.6 Å². The van der Waals surface area contributed by atoms with Crippen molar-refractivity contribution in [2.45, 2.75) is 90.7 Å². The number of benzene rings is 2. The van der Waals surface area contributed by atoms with E-state index in [0.717, 1.165) is 41.9 Å². The smallest absolute Gasteiger partial charge is 0.264 e. The monoisotopic (exact) mass is 683 g/mol. The molecular weight excluding hydrogens is 639 g/mol. The van der Waals surface area contributed by atoms with Crippen LogP contribution in [0.25, 0.3) is 11.3 Å². The number of aryl methyl sites for hydroxylation is 2. The van der Waals surface area contributed by atoms with Crippen LogP contribution in [0.1, 0.15) is 80.6 Å². The molecule has 1 fully saturated rings. The second-order valence-electron chi connectivity index (χ2n) is 14.2. The first-order chi connectivity index (χ1) is 23.3. The SMILES string of the molecule is CCN(c1cncc(CN2C(=O)c3cccc(c3)S(=O)(=O)Nc3nc(cc(-c4c(C)cccc4C)n3)OC[C@H]2CC(C)(C)C)n1)C1CCC1. The third-order valence-electron chi connectivity index (χ3n) is 9.18. The van der Waals surface area contributed by atoms with Crippen LogP contribution >= 0.6 is 0 Å². The molecule has 2 aromatic carbocycles. The maximum atomic E-state index is 14.5. The second-order valence-corrected chi connectivity index (χ2v) is 15.9. The van der Waals surface area contributed by atoms with E-state index in [-0.39, 0.29) is 46.8 Å². The summed E-state index contributed by atoms with van der Waals surface area (Å²) in [5.74, 6) is 0.540. The van der Waals surface area contributed by atoms with Gasteiger partial charge in [-0.3, -0.25) is 9.78 Å². The molecule has 1 saturated carbocycles. The van der Waals surface area contributed by atoms with Crippen molar-refractivity contribution in [1.29, 1.82) is 0 Å². The maximum Gasteiger partial charge on any atom is 0.264 e. The molecule has 2 aliphatic rings. The molecule has 0 unspecified atom stereocenters. The molecule has 0 saturated heterocycles. The lowest BCUT2D eigenvalue weighted by Gasteiger charge is -2.38. The molecule has 1 N–H and O–H groups in total. The van der Waals surface area contributed by atoms with Crippen LogP contribution in [0.15, 0.2) is 65.8 Å². The van der Waals surface area contributed by atoms with Gasteiger partial charge in [-0.25, -0.2) is 23.1 Å². The highest BCUT2D eigenvalue weighted by Gasteiger charge is 2.32. The lowest BCUT2D eigenvalue weighted by atomic mass is 9.87. The largest absolute Gasteiger partial charge is 0.475 e. The third kappa shape index (κ3) is 7.69. The van der Waals surface area contributed by atoms with Crippen LogP contribution in [0.4, 0.5) is 11.8 Å². The molecule has 1 aliphatic carbocycles. The van der Waals surface area contributed by atoms with Gasteiger partial charge in [0.1, 0.15) is 12.4 Å². The number of sulfonamides is 1. The van der Waals surface area contributed by atoms with Gasteiger partial charge in [-0.15, -0.1) is 0 Å². The number of rotatable bonds is 7. The second kappa shape index (κ2) is 13.7. The molecule has 0 radical (unpaired) electrons. The molecule has 3 heterocycles. The predicted molar refractivity (Wildman–Crippen MR) is 190 cm³/mol. The Balaban J connectivity index is 1.46. The van der Waals surface area contributed by atoms with Crippen LogP contribution in [0.2, 0.25) is 0 Å². The van der Waals surface area contributed by atoms with Crippen molar-refractivity contribution < 1.29 is 17.9 Å². The third-order valence-corrected chi connectivity index (χ3v) is 10.5. The van der Waals surface area contributed by atoms with Crippen molar-refractivity contribution in [3.8, 4) is 17.1 Å². The van der Waals surface area contributed by atoms with Crippen LogP contribution in [0.3, 0.4) is 0 Å². The standard InChI is InChI=1S/C37H45N7O4S/c1-7-43(28-14-10-15-28)32-21-38-20-27(39-32)22-44-29(19-37(4,5)6)23-48-33-18-31(34-24(2)11-8-12-25(34)3)40-36(41-33)42-49(46,47)30-16-9-13-26(17-30)35(44)45/h8-9,11-13,16-18,20-21,28-29H,7,10,14-15,19,22-23H2,1-6H3,(H,40,41,42)/t29-/m1/s1. The molecule has 1 aliphatic heterocycles. The number of nitrogens with zero attached hydrogens (tertiary/aromatic N) is 6. The van der Waals surface area contributed by atoms with E-state index >= 15 is 0 Å². The summed E-state index contributed by atoms with van der Waals surface area (Å²) in [6.45, 7) is 13.5. The quantitative estimate of drug-likeness (QED) is 0.230. The molecule has 4 aromatic rings. The fourth-order valence-electron chi connectivity index (χ4n) is 6.64. The normalized spacial score (nSPS) is 17.9. The Kier molecular flexibility index (Phi) is 9.61. The van der Waals surface area contributed by atoms with E-state index in [1.54, 1.807) is 35.5 Å². The van der Waals surface area contributed by atoms with Crippen molar-refractivity contribution in [2.75, 3.05) is 22.8 Å². The highest BCUT2D eigenvalue weighted by molar-refractivity contribution is 7.92. The van der Waals surface area contributed by atoms with E-state index in [2.05, 4.69) is 52.3 Å². The summed E-state index contributed by atoms with van der Waals surface area (Å²) >= 11 is 0. The zero-order valence-corrected chi connectivity index (χ0v) is 29.9.